The predicted molar refractivity (Wildman–Crippen MR) is 91.2 cm³/mol. The summed E-state index contributed by atoms with van der Waals surface area (Å²) in [6.07, 6.45) is 2.52. The zero-order chi connectivity index (χ0) is 16.5. The van der Waals surface area contributed by atoms with E-state index in [0.29, 0.717) is 15.5 Å². The van der Waals surface area contributed by atoms with Crippen molar-refractivity contribution in [3.05, 3.63) is 51.7 Å². The van der Waals surface area contributed by atoms with Crippen molar-refractivity contribution in [2.24, 2.45) is 0 Å². The van der Waals surface area contributed by atoms with Crippen LogP contribution < -0.4 is 5.32 Å². The lowest BCUT2D eigenvalue weighted by Gasteiger charge is -2.68. The Morgan fingerprint density at radius 1 is 1.21 bits per heavy atom. The molecule has 3 aromatic rings. The van der Waals surface area contributed by atoms with Gasteiger partial charge in [-0.2, -0.15) is 0 Å². The van der Waals surface area contributed by atoms with Crippen LogP contribution in [0.4, 0.5) is 0 Å². The predicted octanol–water partition coefficient (Wildman–Crippen LogP) is 4.44. The van der Waals surface area contributed by atoms with Crippen molar-refractivity contribution in [3.8, 4) is 0 Å². The van der Waals surface area contributed by atoms with Crippen molar-refractivity contribution in [1.29, 1.82) is 0 Å². The van der Waals surface area contributed by atoms with E-state index in [-0.39, 0.29) is 16.9 Å². The Labute approximate surface area is 150 Å². The van der Waals surface area contributed by atoms with Crippen LogP contribution in [0.15, 0.2) is 43.8 Å². The monoisotopic (exact) mass is 406 g/mol. The van der Waals surface area contributed by atoms with Gasteiger partial charge in [-0.1, -0.05) is 11.6 Å². The van der Waals surface area contributed by atoms with E-state index >= 15 is 0 Å². The first kappa shape index (κ1) is 14.5. The number of aromatic nitrogens is 1. The van der Waals surface area contributed by atoms with Gasteiger partial charge in [0.15, 0.2) is 16.0 Å². The molecular formula is C17H12BrClN2O3. The van der Waals surface area contributed by atoms with E-state index in [9.17, 15) is 4.79 Å². The summed E-state index contributed by atoms with van der Waals surface area (Å²) in [6.45, 7) is 0. The van der Waals surface area contributed by atoms with E-state index < -0.39 is 0 Å². The fourth-order valence-electron chi connectivity index (χ4n) is 4.01. The molecule has 6 rings (SSSR count). The van der Waals surface area contributed by atoms with Gasteiger partial charge in [-0.3, -0.25) is 4.79 Å². The Morgan fingerprint density at radius 3 is 2.71 bits per heavy atom. The maximum absolute atomic E-state index is 12.2. The van der Waals surface area contributed by atoms with Gasteiger partial charge in [0.05, 0.1) is 5.41 Å². The number of carbonyl (C=O) groups is 1. The summed E-state index contributed by atoms with van der Waals surface area (Å²) in [7, 11) is 0. The molecule has 0 saturated heterocycles. The van der Waals surface area contributed by atoms with Gasteiger partial charge in [-0.25, -0.2) is 4.98 Å². The highest BCUT2D eigenvalue weighted by Gasteiger charge is 2.71. The lowest BCUT2D eigenvalue weighted by atomic mass is 9.39. The minimum atomic E-state index is -0.182. The molecule has 1 aromatic carbocycles. The minimum absolute atomic E-state index is 0.0531. The molecule has 0 spiro atoms. The molecule has 24 heavy (non-hydrogen) atoms. The number of rotatable bonds is 3. The summed E-state index contributed by atoms with van der Waals surface area (Å²) >= 11 is 9.20. The van der Waals surface area contributed by atoms with E-state index in [2.05, 4.69) is 26.2 Å². The molecule has 0 aliphatic heterocycles. The SMILES string of the molecule is O=C(NC12CC(c3nc4cc(Cl)ccc4o3)(C1)C2)c1ccc(Br)o1. The maximum atomic E-state index is 12.2. The maximum Gasteiger partial charge on any atom is 0.287 e. The number of oxazole rings is 1. The number of hydrogen-bond acceptors (Lipinski definition) is 4. The molecule has 3 fully saturated rings. The molecule has 2 heterocycles. The fourth-order valence-corrected chi connectivity index (χ4v) is 4.49. The van der Waals surface area contributed by atoms with Crippen LogP contribution in [0.1, 0.15) is 35.7 Å². The molecule has 0 radical (unpaired) electrons. The Balaban J connectivity index is 1.33. The van der Waals surface area contributed by atoms with Gasteiger partial charge < -0.3 is 14.2 Å². The number of nitrogens with zero attached hydrogens (tertiary/aromatic N) is 1. The highest BCUT2D eigenvalue weighted by Crippen LogP contribution is 2.67. The Morgan fingerprint density at radius 2 is 2.00 bits per heavy atom. The van der Waals surface area contributed by atoms with E-state index in [0.717, 1.165) is 36.3 Å². The molecule has 0 unspecified atom stereocenters. The molecular weight excluding hydrogens is 396 g/mol. The molecule has 122 valence electrons. The van der Waals surface area contributed by atoms with Crippen molar-refractivity contribution >= 4 is 44.5 Å². The number of halogens is 2. The van der Waals surface area contributed by atoms with E-state index in [1.807, 2.05) is 12.1 Å². The quantitative estimate of drug-likeness (QED) is 0.697. The van der Waals surface area contributed by atoms with Crippen LogP contribution in [0, 0.1) is 0 Å². The second kappa shape index (κ2) is 4.64. The number of benzene rings is 1. The molecule has 2 bridgehead atoms. The highest BCUT2D eigenvalue weighted by molar-refractivity contribution is 9.10. The van der Waals surface area contributed by atoms with Gasteiger partial charge in [-0.15, -0.1) is 0 Å². The molecule has 1 N–H and O–H groups in total. The summed E-state index contributed by atoms with van der Waals surface area (Å²) in [5.74, 6) is 0.882. The Bertz CT molecular complexity index is 973. The smallest absolute Gasteiger partial charge is 0.287 e. The van der Waals surface area contributed by atoms with Crippen molar-refractivity contribution in [2.75, 3.05) is 0 Å². The number of carbonyl (C=O) groups excluding carboxylic acids is 1. The largest absolute Gasteiger partial charge is 0.444 e. The summed E-state index contributed by atoms with van der Waals surface area (Å²) in [5.41, 5.74) is 1.32. The number of furan rings is 1. The lowest BCUT2D eigenvalue weighted by molar-refractivity contribution is -0.0958. The third-order valence-corrected chi connectivity index (χ3v) is 5.67. The number of amides is 1. The highest BCUT2D eigenvalue weighted by atomic mass is 79.9. The summed E-state index contributed by atoms with van der Waals surface area (Å²) < 4.78 is 11.7. The van der Waals surface area contributed by atoms with Crippen molar-refractivity contribution in [2.45, 2.75) is 30.2 Å². The van der Waals surface area contributed by atoms with Crippen LogP contribution in [0.5, 0.6) is 0 Å². The van der Waals surface area contributed by atoms with Crippen molar-refractivity contribution < 1.29 is 13.6 Å². The average molecular weight is 408 g/mol. The third-order valence-electron chi connectivity index (χ3n) is 5.01. The fraction of sp³-hybridized carbons (Fsp3) is 0.294. The lowest BCUT2D eigenvalue weighted by Crippen LogP contribution is -2.76. The van der Waals surface area contributed by atoms with Crippen LogP contribution in [0.25, 0.3) is 11.1 Å². The van der Waals surface area contributed by atoms with Gasteiger partial charge in [0.25, 0.3) is 5.91 Å². The van der Waals surface area contributed by atoms with Crippen molar-refractivity contribution in [3.63, 3.8) is 0 Å². The summed E-state index contributed by atoms with van der Waals surface area (Å²) in [6, 6.07) is 8.81. The first-order chi connectivity index (χ1) is 11.5. The Kier molecular flexibility index (Phi) is 2.81. The standard InChI is InChI=1S/C17H12BrClN2O3/c18-13-4-3-12(23-13)14(22)21-17-6-16(7-17,8-17)15-20-10-5-9(19)1-2-11(10)24-15/h1-5H,6-8H2,(H,21,22). The molecule has 3 aliphatic carbocycles. The number of nitrogens with one attached hydrogen (secondary N) is 1. The molecule has 3 aliphatic rings. The Hall–Kier alpha value is -1.79. The second-order valence-electron chi connectivity index (χ2n) is 6.78. The van der Waals surface area contributed by atoms with Crippen LogP contribution in [-0.2, 0) is 5.41 Å². The zero-order valence-electron chi connectivity index (χ0n) is 12.4. The first-order valence-corrected chi connectivity index (χ1v) is 8.79. The topological polar surface area (TPSA) is 68.3 Å². The molecule has 3 saturated carbocycles. The number of fused-ring (bicyclic) bond motifs is 1. The number of hydrogen-bond donors (Lipinski definition) is 1. The van der Waals surface area contributed by atoms with Gasteiger partial charge in [0.2, 0.25) is 5.89 Å². The zero-order valence-corrected chi connectivity index (χ0v) is 14.8. The normalized spacial score (nSPS) is 27.6. The third kappa shape index (κ3) is 1.99. The first-order valence-electron chi connectivity index (χ1n) is 7.62. The average Bonchev–Trinajstić information content (AvgIpc) is 3.06. The van der Waals surface area contributed by atoms with Crippen molar-refractivity contribution in [1.82, 2.24) is 10.3 Å². The molecule has 5 nitrogen and oxygen atoms in total. The molecule has 0 atom stereocenters. The van der Waals surface area contributed by atoms with Crippen LogP contribution in [0.2, 0.25) is 5.02 Å². The summed E-state index contributed by atoms with van der Waals surface area (Å²) in [5, 5.41) is 3.73. The van der Waals surface area contributed by atoms with E-state index in [1.54, 1.807) is 18.2 Å². The molecule has 1 amide bonds. The van der Waals surface area contributed by atoms with E-state index in [1.165, 1.54) is 0 Å². The van der Waals surface area contributed by atoms with E-state index in [4.69, 9.17) is 20.4 Å². The van der Waals surface area contributed by atoms with Crippen LogP contribution >= 0.6 is 27.5 Å². The molecule has 7 heteroatoms. The van der Waals surface area contributed by atoms with Gasteiger partial charge >= 0.3 is 0 Å². The van der Waals surface area contributed by atoms with Crippen LogP contribution in [0.3, 0.4) is 0 Å². The molecule has 2 aromatic heterocycles. The second-order valence-corrected chi connectivity index (χ2v) is 8.00. The summed E-state index contributed by atoms with van der Waals surface area (Å²) in [4.78, 5) is 16.8. The minimum Gasteiger partial charge on any atom is -0.444 e. The van der Waals surface area contributed by atoms with Gasteiger partial charge in [0, 0.05) is 10.6 Å². The van der Waals surface area contributed by atoms with Gasteiger partial charge in [0.1, 0.15) is 5.52 Å². The van der Waals surface area contributed by atoms with Crippen LogP contribution in [-0.4, -0.2) is 16.4 Å². The van der Waals surface area contributed by atoms with Gasteiger partial charge in [-0.05, 0) is 65.5 Å².